The van der Waals surface area contributed by atoms with E-state index in [2.05, 4.69) is 15.2 Å². The van der Waals surface area contributed by atoms with Crippen LogP contribution in [-0.2, 0) is 6.54 Å². The Hall–Kier alpha value is -2.02. The first-order chi connectivity index (χ1) is 10.5. The zero-order valence-corrected chi connectivity index (χ0v) is 11.8. The van der Waals surface area contributed by atoms with Gasteiger partial charge < -0.3 is 10.1 Å². The normalized spacial score (nSPS) is 15.6. The Morgan fingerprint density at radius 2 is 2.14 bits per heavy atom. The van der Waals surface area contributed by atoms with Crippen LogP contribution < -0.4 is 10.1 Å². The Morgan fingerprint density at radius 1 is 1.32 bits per heavy atom. The van der Waals surface area contributed by atoms with Crippen molar-refractivity contribution in [3.63, 3.8) is 0 Å². The lowest BCUT2D eigenvalue weighted by Gasteiger charge is -2.26. The molecule has 3 rings (SSSR count). The summed E-state index contributed by atoms with van der Waals surface area (Å²) < 4.78 is 42.2. The van der Waals surface area contributed by atoms with E-state index in [4.69, 9.17) is 0 Å². The lowest BCUT2D eigenvalue weighted by Crippen LogP contribution is -2.34. The molecule has 0 aliphatic heterocycles. The molecule has 0 spiro atoms. The van der Waals surface area contributed by atoms with Gasteiger partial charge in [-0.15, -0.1) is 13.2 Å². The molecule has 0 radical (unpaired) electrons. The quantitative estimate of drug-likeness (QED) is 0.919. The molecular weight excluding hydrogens is 295 g/mol. The summed E-state index contributed by atoms with van der Waals surface area (Å²) >= 11 is 0. The van der Waals surface area contributed by atoms with Gasteiger partial charge in [-0.2, -0.15) is 5.10 Å². The molecule has 0 atom stereocenters. The Kier molecular flexibility index (Phi) is 4.06. The molecule has 1 fully saturated rings. The van der Waals surface area contributed by atoms with E-state index < -0.39 is 6.36 Å². The lowest BCUT2D eigenvalue weighted by molar-refractivity contribution is -0.274. The van der Waals surface area contributed by atoms with E-state index in [1.54, 1.807) is 23.1 Å². The molecule has 2 aromatic rings. The van der Waals surface area contributed by atoms with E-state index in [1.807, 2.05) is 0 Å². The van der Waals surface area contributed by atoms with Crippen LogP contribution in [0.1, 0.15) is 24.8 Å². The second kappa shape index (κ2) is 6.00. The number of nitrogens with one attached hydrogen (secondary N) is 1. The second-order valence-corrected chi connectivity index (χ2v) is 5.35. The monoisotopic (exact) mass is 311 g/mol. The molecule has 22 heavy (non-hydrogen) atoms. The molecule has 0 bridgehead atoms. The first-order valence-corrected chi connectivity index (χ1v) is 7.13. The van der Waals surface area contributed by atoms with Crippen molar-refractivity contribution in [3.05, 3.63) is 42.2 Å². The Bertz CT molecular complexity index is 635. The van der Waals surface area contributed by atoms with Crippen LogP contribution in [0.2, 0.25) is 0 Å². The smallest absolute Gasteiger partial charge is 0.406 e. The first-order valence-electron chi connectivity index (χ1n) is 7.13. The van der Waals surface area contributed by atoms with Crippen molar-refractivity contribution in [1.29, 1.82) is 0 Å². The number of aromatic nitrogens is 2. The molecule has 1 aromatic heterocycles. The van der Waals surface area contributed by atoms with Crippen molar-refractivity contribution in [3.8, 4) is 11.4 Å². The summed E-state index contributed by atoms with van der Waals surface area (Å²) in [4.78, 5) is 0. The molecule has 1 saturated carbocycles. The fraction of sp³-hybridized carbons (Fsp3) is 0.400. The average molecular weight is 311 g/mol. The Labute approximate surface area is 125 Å². The molecule has 1 aromatic carbocycles. The summed E-state index contributed by atoms with van der Waals surface area (Å²) in [5.41, 5.74) is 1.52. The SMILES string of the molecule is FC(F)(F)Oc1cccc(-n2cc(CNC3CCC3)cn2)c1. The third kappa shape index (κ3) is 3.79. The maximum absolute atomic E-state index is 12.2. The number of ether oxygens (including phenoxy) is 1. The molecule has 1 aliphatic carbocycles. The van der Waals surface area contributed by atoms with E-state index in [1.165, 1.54) is 37.5 Å². The van der Waals surface area contributed by atoms with Crippen molar-refractivity contribution >= 4 is 0 Å². The van der Waals surface area contributed by atoms with E-state index in [0.29, 0.717) is 18.3 Å². The molecule has 1 heterocycles. The van der Waals surface area contributed by atoms with Gasteiger partial charge >= 0.3 is 6.36 Å². The van der Waals surface area contributed by atoms with Crippen LogP contribution in [0.5, 0.6) is 5.75 Å². The number of rotatable bonds is 5. The number of nitrogens with zero attached hydrogens (tertiary/aromatic N) is 2. The van der Waals surface area contributed by atoms with Crippen LogP contribution in [0.25, 0.3) is 5.69 Å². The van der Waals surface area contributed by atoms with Gasteiger partial charge in [-0.25, -0.2) is 4.68 Å². The summed E-state index contributed by atoms with van der Waals surface area (Å²) in [5, 5.41) is 7.60. The third-order valence-electron chi connectivity index (χ3n) is 3.65. The van der Waals surface area contributed by atoms with Crippen molar-refractivity contribution in [2.45, 2.75) is 38.2 Å². The van der Waals surface area contributed by atoms with Gasteiger partial charge in [0.1, 0.15) is 5.75 Å². The van der Waals surface area contributed by atoms with Crippen LogP contribution in [0, 0.1) is 0 Å². The van der Waals surface area contributed by atoms with E-state index in [9.17, 15) is 13.2 Å². The van der Waals surface area contributed by atoms with Gasteiger partial charge in [-0.3, -0.25) is 0 Å². The van der Waals surface area contributed by atoms with Crippen LogP contribution in [0.3, 0.4) is 0 Å². The minimum absolute atomic E-state index is 0.255. The molecule has 7 heteroatoms. The number of alkyl halides is 3. The van der Waals surface area contributed by atoms with Gasteiger partial charge in [0, 0.05) is 30.4 Å². The first kappa shape index (κ1) is 14.9. The van der Waals surface area contributed by atoms with Gasteiger partial charge in [-0.1, -0.05) is 12.5 Å². The predicted octanol–water partition coefficient (Wildman–Crippen LogP) is 3.41. The highest BCUT2D eigenvalue weighted by Crippen LogP contribution is 2.24. The van der Waals surface area contributed by atoms with E-state index in [0.717, 1.165) is 5.56 Å². The van der Waals surface area contributed by atoms with Crippen LogP contribution in [-0.4, -0.2) is 22.2 Å². The highest BCUT2D eigenvalue weighted by atomic mass is 19.4. The van der Waals surface area contributed by atoms with E-state index in [-0.39, 0.29) is 5.75 Å². The molecular formula is C15H16F3N3O. The van der Waals surface area contributed by atoms with Gasteiger partial charge in [-0.05, 0) is 25.0 Å². The van der Waals surface area contributed by atoms with Crippen molar-refractivity contribution in [2.24, 2.45) is 0 Å². The van der Waals surface area contributed by atoms with Crippen LogP contribution >= 0.6 is 0 Å². The topological polar surface area (TPSA) is 39.1 Å². The molecule has 0 saturated heterocycles. The minimum Gasteiger partial charge on any atom is -0.406 e. The maximum Gasteiger partial charge on any atom is 0.573 e. The maximum atomic E-state index is 12.2. The molecule has 118 valence electrons. The molecule has 1 aliphatic rings. The highest BCUT2D eigenvalue weighted by Gasteiger charge is 2.31. The number of halogens is 3. The van der Waals surface area contributed by atoms with Gasteiger partial charge in [0.25, 0.3) is 0 Å². The Balaban J connectivity index is 1.68. The molecule has 4 nitrogen and oxygen atoms in total. The van der Waals surface area contributed by atoms with Gasteiger partial charge in [0.15, 0.2) is 0 Å². The molecule has 0 amide bonds. The summed E-state index contributed by atoms with van der Waals surface area (Å²) in [6, 6.07) is 6.33. The van der Waals surface area contributed by atoms with Crippen LogP contribution in [0.15, 0.2) is 36.7 Å². The van der Waals surface area contributed by atoms with Crippen molar-refractivity contribution in [2.75, 3.05) is 0 Å². The predicted molar refractivity (Wildman–Crippen MR) is 74.7 cm³/mol. The largest absolute Gasteiger partial charge is 0.573 e. The minimum atomic E-state index is -4.69. The zero-order chi connectivity index (χ0) is 15.6. The molecule has 0 unspecified atom stereocenters. The number of benzene rings is 1. The number of hydrogen-bond donors (Lipinski definition) is 1. The third-order valence-corrected chi connectivity index (χ3v) is 3.65. The standard InChI is InChI=1S/C15H16F3N3O/c16-15(17,18)22-14-6-2-5-13(7-14)21-10-11(9-20-21)8-19-12-3-1-4-12/h2,5-7,9-10,12,19H,1,3-4,8H2. The summed E-state index contributed by atoms with van der Waals surface area (Å²) in [5.74, 6) is -0.255. The Morgan fingerprint density at radius 3 is 2.82 bits per heavy atom. The highest BCUT2D eigenvalue weighted by molar-refractivity contribution is 5.39. The van der Waals surface area contributed by atoms with Crippen molar-refractivity contribution < 1.29 is 17.9 Å². The summed E-state index contributed by atoms with van der Waals surface area (Å²) in [7, 11) is 0. The lowest BCUT2D eigenvalue weighted by atomic mass is 9.93. The van der Waals surface area contributed by atoms with E-state index >= 15 is 0 Å². The second-order valence-electron chi connectivity index (χ2n) is 5.35. The number of hydrogen-bond acceptors (Lipinski definition) is 3. The summed E-state index contributed by atoms with van der Waals surface area (Å²) in [6.07, 6.45) is 2.49. The van der Waals surface area contributed by atoms with Gasteiger partial charge in [0.05, 0.1) is 11.9 Å². The molecule has 1 N–H and O–H groups in total. The summed E-state index contributed by atoms with van der Waals surface area (Å²) in [6.45, 7) is 0.712. The van der Waals surface area contributed by atoms with Crippen LogP contribution in [0.4, 0.5) is 13.2 Å². The zero-order valence-electron chi connectivity index (χ0n) is 11.8. The fourth-order valence-corrected chi connectivity index (χ4v) is 2.29. The average Bonchev–Trinajstić information content (AvgIpc) is 2.84. The van der Waals surface area contributed by atoms with Gasteiger partial charge in [0.2, 0.25) is 0 Å². The fourth-order valence-electron chi connectivity index (χ4n) is 2.29. The van der Waals surface area contributed by atoms with Crippen molar-refractivity contribution in [1.82, 2.24) is 15.1 Å².